The molecule has 2 heterocycles. The molecule has 180 valence electrons. The molecule has 0 saturated carbocycles. The molecule has 0 bridgehead atoms. The Bertz CT molecular complexity index is 1040. The van der Waals surface area contributed by atoms with Crippen molar-refractivity contribution in [1.29, 1.82) is 0 Å². The van der Waals surface area contributed by atoms with Crippen LogP contribution in [0.2, 0.25) is 0 Å². The predicted octanol–water partition coefficient (Wildman–Crippen LogP) is 6.55. The Morgan fingerprint density at radius 1 is 1.06 bits per heavy atom. The maximum absolute atomic E-state index is 12.5. The number of carboxylic acids is 1. The van der Waals surface area contributed by atoms with Gasteiger partial charge in [-0.3, -0.25) is 4.98 Å². The first-order valence-corrected chi connectivity index (χ1v) is 11.9. The highest BCUT2D eigenvalue weighted by Gasteiger charge is 2.36. The van der Waals surface area contributed by atoms with Gasteiger partial charge in [0.05, 0.1) is 11.3 Å². The molecule has 1 aromatic heterocycles. The molecule has 2 aromatic rings. The van der Waals surface area contributed by atoms with Gasteiger partial charge < -0.3 is 14.7 Å². The number of hydrogen-bond acceptors (Lipinski definition) is 4. The van der Waals surface area contributed by atoms with Crippen LogP contribution in [-0.2, 0) is 9.53 Å². The van der Waals surface area contributed by atoms with Crippen LogP contribution in [0.4, 0.5) is 5.69 Å². The van der Waals surface area contributed by atoms with Gasteiger partial charge in [0.1, 0.15) is 0 Å². The van der Waals surface area contributed by atoms with E-state index < -0.39 is 17.7 Å². The number of aryl methyl sites for hydroxylation is 4. The van der Waals surface area contributed by atoms with Gasteiger partial charge in [0.15, 0.2) is 6.10 Å². The van der Waals surface area contributed by atoms with Crippen LogP contribution >= 0.6 is 0 Å². The molecule has 1 fully saturated rings. The first-order chi connectivity index (χ1) is 15.2. The van der Waals surface area contributed by atoms with Crippen molar-refractivity contribution in [1.82, 2.24) is 4.98 Å². The Kier molecular flexibility index (Phi) is 6.95. The largest absolute Gasteiger partial charge is 0.479 e. The molecule has 0 unspecified atom stereocenters. The number of benzene rings is 1. The lowest BCUT2D eigenvalue weighted by molar-refractivity contribution is -0.160. The van der Waals surface area contributed by atoms with Crippen LogP contribution < -0.4 is 4.90 Å². The van der Waals surface area contributed by atoms with E-state index in [9.17, 15) is 9.90 Å². The van der Waals surface area contributed by atoms with Crippen LogP contribution in [0.15, 0.2) is 18.2 Å². The third-order valence-corrected chi connectivity index (χ3v) is 6.77. The van der Waals surface area contributed by atoms with Gasteiger partial charge in [0, 0.05) is 35.6 Å². The summed E-state index contributed by atoms with van der Waals surface area (Å²) in [5.74, 6) is -0.983. The molecule has 0 radical (unpaired) electrons. The number of carboxylic acid groups (broad SMARTS) is 1. The molecule has 5 heteroatoms. The van der Waals surface area contributed by atoms with Crippen LogP contribution in [0.25, 0.3) is 11.1 Å². The lowest BCUT2D eigenvalue weighted by Crippen LogP contribution is -2.39. The lowest BCUT2D eigenvalue weighted by atomic mass is 9.81. The molecule has 3 rings (SSSR count). The zero-order valence-electron chi connectivity index (χ0n) is 21.8. The summed E-state index contributed by atoms with van der Waals surface area (Å²) in [4.78, 5) is 19.7. The van der Waals surface area contributed by atoms with E-state index in [0.717, 1.165) is 54.1 Å². The Morgan fingerprint density at radius 3 is 2.18 bits per heavy atom. The number of ether oxygens (including phenoxy) is 1. The summed E-state index contributed by atoms with van der Waals surface area (Å²) in [6.07, 6.45) is 1.02. The lowest BCUT2D eigenvalue weighted by Gasteiger charge is -2.41. The second-order valence-electron chi connectivity index (χ2n) is 11.3. The predicted molar refractivity (Wildman–Crippen MR) is 135 cm³/mol. The van der Waals surface area contributed by atoms with Gasteiger partial charge in [0.25, 0.3) is 0 Å². The smallest absolute Gasteiger partial charge is 0.337 e. The summed E-state index contributed by atoms with van der Waals surface area (Å²) in [7, 11) is 0. The van der Waals surface area contributed by atoms with E-state index in [0.29, 0.717) is 5.56 Å². The molecule has 0 amide bonds. The zero-order valence-corrected chi connectivity index (χ0v) is 21.8. The molecule has 5 nitrogen and oxygen atoms in total. The van der Waals surface area contributed by atoms with E-state index >= 15 is 0 Å². The average Bonchev–Trinajstić information content (AvgIpc) is 2.68. The van der Waals surface area contributed by atoms with E-state index in [1.54, 1.807) is 0 Å². The SMILES string of the molecule is Cc1ccc(-c2c(C)nc(C)c([C@H](OC(C)(C)C)C(=O)O)c2N2CCC(C)(C)CC2)cc1C. The molecule has 1 atom stereocenters. The number of carbonyl (C=O) groups is 1. The third-order valence-electron chi connectivity index (χ3n) is 6.77. The van der Waals surface area contributed by atoms with Crippen LogP contribution in [-0.4, -0.2) is 34.8 Å². The average molecular weight is 453 g/mol. The van der Waals surface area contributed by atoms with Crippen molar-refractivity contribution in [3.8, 4) is 11.1 Å². The van der Waals surface area contributed by atoms with Gasteiger partial charge >= 0.3 is 5.97 Å². The fourth-order valence-electron chi connectivity index (χ4n) is 4.65. The minimum Gasteiger partial charge on any atom is -0.479 e. The normalized spacial score (nSPS) is 17.2. The molecule has 0 spiro atoms. The molecule has 1 saturated heterocycles. The van der Waals surface area contributed by atoms with Gasteiger partial charge in [-0.1, -0.05) is 32.0 Å². The van der Waals surface area contributed by atoms with Gasteiger partial charge in [-0.05, 0) is 83.4 Å². The zero-order chi connectivity index (χ0) is 24.7. The highest BCUT2D eigenvalue weighted by molar-refractivity contribution is 5.88. The monoisotopic (exact) mass is 452 g/mol. The van der Waals surface area contributed by atoms with Crippen LogP contribution in [0.5, 0.6) is 0 Å². The molecule has 0 aliphatic carbocycles. The first kappa shape index (κ1) is 25.2. The summed E-state index contributed by atoms with van der Waals surface area (Å²) in [6.45, 7) is 20.2. The Labute approximate surface area is 199 Å². The van der Waals surface area contributed by atoms with Crippen molar-refractivity contribution >= 4 is 11.7 Å². The fraction of sp³-hybridized carbons (Fsp3) is 0.571. The Balaban J connectivity index is 2.32. The summed E-state index contributed by atoms with van der Waals surface area (Å²) < 4.78 is 6.15. The fourth-order valence-corrected chi connectivity index (χ4v) is 4.65. The van der Waals surface area contributed by atoms with E-state index in [4.69, 9.17) is 9.72 Å². The topological polar surface area (TPSA) is 62.7 Å². The van der Waals surface area contributed by atoms with Crippen molar-refractivity contribution < 1.29 is 14.6 Å². The second-order valence-corrected chi connectivity index (χ2v) is 11.3. The maximum atomic E-state index is 12.5. The summed E-state index contributed by atoms with van der Waals surface area (Å²) in [6, 6.07) is 6.45. The van der Waals surface area contributed by atoms with Crippen molar-refractivity contribution in [3.63, 3.8) is 0 Å². The van der Waals surface area contributed by atoms with E-state index in [1.807, 2.05) is 34.6 Å². The third kappa shape index (κ3) is 5.57. The molecular weight excluding hydrogens is 412 g/mol. The van der Waals surface area contributed by atoms with Gasteiger partial charge in [-0.2, -0.15) is 0 Å². The van der Waals surface area contributed by atoms with E-state index in [1.165, 1.54) is 11.1 Å². The highest BCUT2D eigenvalue weighted by atomic mass is 16.5. The number of hydrogen-bond donors (Lipinski definition) is 1. The summed E-state index contributed by atoms with van der Waals surface area (Å²) in [5.41, 5.74) is 7.48. The van der Waals surface area contributed by atoms with Crippen molar-refractivity contribution in [2.45, 2.75) is 86.9 Å². The van der Waals surface area contributed by atoms with Crippen molar-refractivity contribution in [2.24, 2.45) is 5.41 Å². The van der Waals surface area contributed by atoms with Crippen molar-refractivity contribution in [2.75, 3.05) is 18.0 Å². The molecule has 1 N–H and O–H groups in total. The number of piperidine rings is 1. The van der Waals surface area contributed by atoms with Gasteiger partial charge in [-0.15, -0.1) is 0 Å². The van der Waals surface area contributed by atoms with Crippen LogP contribution in [0, 0.1) is 33.1 Å². The number of anilines is 1. The highest BCUT2D eigenvalue weighted by Crippen LogP contribution is 2.45. The number of aromatic nitrogens is 1. The van der Waals surface area contributed by atoms with Gasteiger partial charge in [-0.25, -0.2) is 4.79 Å². The van der Waals surface area contributed by atoms with Crippen LogP contribution in [0.3, 0.4) is 0 Å². The summed E-state index contributed by atoms with van der Waals surface area (Å²) >= 11 is 0. The van der Waals surface area contributed by atoms with Gasteiger partial charge in [0.2, 0.25) is 0 Å². The standard InChI is InChI=1S/C28H40N2O3/c1-17-10-11-21(16-18(17)2)22-19(3)29-20(4)23(25(26(31)32)33-27(5,6)7)24(22)30-14-12-28(8,9)13-15-30/h10-11,16,25H,12-15H2,1-9H3,(H,31,32)/t25-/m0/s1. The van der Waals surface area contributed by atoms with E-state index in [-0.39, 0.29) is 5.41 Å². The number of aliphatic carboxylic acids is 1. The first-order valence-electron chi connectivity index (χ1n) is 11.9. The molecular formula is C28H40N2O3. The minimum atomic E-state index is -1.09. The second kappa shape index (κ2) is 9.09. The summed E-state index contributed by atoms with van der Waals surface area (Å²) in [5, 5.41) is 10.3. The molecule has 1 aromatic carbocycles. The number of rotatable bonds is 5. The maximum Gasteiger partial charge on any atom is 0.337 e. The Hall–Kier alpha value is -2.40. The quantitative estimate of drug-likeness (QED) is 0.557. The minimum absolute atomic E-state index is 0.280. The van der Waals surface area contributed by atoms with Crippen LogP contribution in [0.1, 0.15) is 81.6 Å². The Morgan fingerprint density at radius 2 is 1.67 bits per heavy atom. The number of pyridine rings is 1. The number of nitrogens with zero attached hydrogens (tertiary/aromatic N) is 2. The molecule has 1 aliphatic rings. The molecule has 33 heavy (non-hydrogen) atoms. The van der Waals surface area contributed by atoms with Crippen molar-refractivity contribution in [3.05, 3.63) is 46.3 Å². The van der Waals surface area contributed by atoms with E-state index in [2.05, 4.69) is 50.8 Å². The molecule has 1 aliphatic heterocycles.